The molecule has 0 N–H and O–H groups in total. The third kappa shape index (κ3) is 1.24. The molecule has 1 aromatic carbocycles. The number of hydrogen-bond acceptors (Lipinski definition) is 4. The van der Waals surface area contributed by atoms with Crippen molar-refractivity contribution in [1.82, 2.24) is 0 Å². The first kappa shape index (κ1) is 10.5. The molecule has 1 aliphatic carbocycles. The van der Waals surface area contributed by atoms with Gasteiger partial charge in [0, 0.05) is 11.1 Å². The number of aliphatic imine (C=N–C) groups is 1. The van der Waals surface area contributed by atoms with Crippen molar-refractivity contribution in [3.8, 4) is 0 Å². The van der Waals surface area contributed by atoms with Gasteiger partial charge >= 0.3 is 0 Å². The van der Waals surface area contributed by atoms with Crippen LogP contribution in [0.3, 0.4) is 0 Å². The van der Waals surface area contributed by atoms with Gasteiger partial charge in [-0.05, 0) is 6.92 Å². The van der Waals surface area contributed by atoms with E-state index in [1.165, 1.54) is 13.0 Å². The Morgan fingerprint density at radius 3 is 2.12 bits per heavy atom. The third-order valence-corrected chi connectivity index (χ3v) is 2.88. The first-order valence-electron chi connectivity index (χ1n) is 4.83. The third-order valence-electron chi connectivity index (χ3n) is 2.88. The zero-order valence-corrected chi connectivity index (χ0v) is 8.69. The maximum absolute atomic E-state index is 12.0. The normalized spacial score (nSPS) is 16.8. The second-order valence-corrected chi connectivity index (χ2v) is 3.94. The van der Waals surface area contributed by atoms with Gasteiger partial charge in [0.15, 0.2) is 11.6 Å². The van der Waals surface area contributed by atoms with Gasteiger partial charge in [-0.15, -0.1) is 0 Å². The molecular weight excluding hydrogens is 206 g/mol. The van der Waals surface area contributed by atoms with Crippen LogP contribution in [0.25, 0.3) is 0 Å². The summed E-state index contributed by atoms with van der Waals surface area (Å²) in [5.41, 5.74) is -0.409. The molecule has 0 atom stereocenters. The van der Waals surface area contributed by atoms with E-state index in [1.54, 1.807) is 24.3 Å². The number of carbonyl (C=O) groups is 2. The van der Waals surface area contributed by atoms with Crippen LogP contribution in [-0.4, -0.2) is 24.2 Å². The van der Waals surface area contributed by atoms with Crippen molar-refractivity contribution in [2.45, 2.75) is 6.92 Å². The maximum Gasteiger partial charge on any atom is 0.234 e. The lowest BCUT2D eigenvalue weighted by Gasteiger charge is -2.15. The molecule has 2 rings (SSSR count). The summed E-state index contributed by atoms with van der Waals surface area (Å²) in [4.78, 5) is 37.5. The summed E-state index contributed by atoms with van der Waals surface area (Å²) in [7, 11) is 0. The minimum atomic E-state index is -1.24. The van der Waals surface area contributed by atoms with E-state index in [0.29, 0.717) is 11.1 Å². The van der Waals surface area contributed by atoms with Crippen LogP contribution in [0.2, 0.25) is 0 Å². The second-order valence-electron chi connectivity index (χ2n) is 3.94. The van der Waals surface area contributed by atoms with E-state index in [-0.39, 0.29) is 18.1 Å². The monoisotopic (exact) mass is 215 g/mol. The van der Waals surface area contributed by atoms with E-state index in [0.717, 1.165) is 0 Å². The lowest BCUT2D eigenvalue weighted by atomic mass is 9.85. The number of carbonyl (C=O) groups excluding carboxylic acids is 3. The molecular formula is C12H9NO3. The number of ketones is 2. The Morgan fingerprint density at radius 1 is 1.19 bits per heavy atom. The van der Waals surface area contributed by atoms with Gasteiger partial charge < -0.3 is 0 Å². The van der Waals surface area contributed by atoms with Crippen LogP contribution in [0.4, 0.5) is 0 Å². The van der Waals surface area contributed by atoms with Gasteiger partial charge in [-0.1, -0.05) is 24.3 Å². The minimum Gasteiger partial charge on any atom is -0.293 e. The molecule has 0 bridgehead atoms. The van der Waals surface area contributed by atoms with Gasteiger partial charge in [-0.2, -0.15) is 0 Å². The molecule has 0 aromatic heterocycles. The van der Waals surface area contributed by atoms with E-state index in [4.69, 9.17) is 0 Å². The summed E-state index contributed by atoms with van der Waals surface area (Å²) in [5.74, 6) is -0.542. The van der Waals surface area contributed by atoms with Crippen LogP contribution in [0.5, 0.6) is 0 Å². The van der Waals surface area contributed by atoms with Gasteiger partial charge in [0.25, 0.3) is 0 Å². The summed E-state index contributed by atoms with van der Waals surface area (Å²) in [5, 5.41) is 0. The summed E-state index contributed by atoms with van der Waals surface area (Å²) in [6, 6.07) is 6.65. The molecule has 0 saturated heterocycles. The van der Waals surface area contributed by atoms with Crippen molar-refractivity contribution in [2.24, 2.45) is 10.4 Å². The largest absolute Gasteiger partial charge is 0.293 e. The smallest absolute Gasteiger partial charge is 0.234 e. The lowest BCUT2D eigenvalue weighted by molar-refractivity contribution is 0.0734. The molecule has 0 saturated carbocycles. The Hall–Kier alpha value is -2.06. The van der Waals surface area contributed by atoms with Crippen LogP contribution >= 0.6 is 0 Å². The Kier molecular flexibility index (Phi) is 2.29. The van der Waals surface area contributed by atoms with Gasteiger partial charge in [0.1, 0.15) is 5.41 Å². The zero-order valence-electron chi connectivity index (χ0n) is 8.69. The number of benzene rings is 1. The average Bonchev–Trinajstić information content (AvgIpc) is 2.51. The Morgan fingerprint density at radius 2 is 1.69 bits per heavy atom. The highest BCUT2D eigenvalue weighted by Crippen LogP contribution is 2.36. The highest BCUT2D eigenvalue weighted by Gasteiger charge is 2.49. The average molecular weight is 215 g/mol. The zero-order chi connectivity index (χ0) is 11.8. The summed E-state index contributed by atoms with van der Waals surface area (Å²) < 4.78 is 0. The van der Waals surface area contributed by atoms with E-state index in [1.807, 2.05) is 0 Å². The molecule has 0 amide bonds. The Labute approximate surface area is 92.0 Å². The van der Waals surface area contributed by atoms with E-state index in [2.05, 4.69) is 4.99 Å². The van der Waals surface area contributed by atoms with Gasteiger partial charge in [0.05, 0.1) is 6.54 Å². The first-order valence-corrected chi connectivity index (χ1v) is 4.83. The van der Waals surface area contributed by atoms with Crippen LogP contribution in [0.15, 0.2) is 29.3 Å². The standard InChI is InChI=1S/C12H9NO3/c1-12(6-13-7-14)10(15)8-4-2-3-5-9(8)11(12)16/h2-5H,6H2,1H3. The van der Waals surface area contributed by atoms with Gasteiger partial charge in [-0.3, -0.25) is 9.59 Å². The molecule has 80 valence electrons. The molecule has 4 nitrogen and oxygen atoms in total. The van der Waals surface area contributed by atoms with Crippen LogP contribution in [0.1, 0.15) is 27.6 Å². The predicted octanol–water partition coefficient (Wildman–Crippen LogP) is 1.41. The summed E-state index contributed by atoms with van der Waals surface area (Å²) >= 11 is 0. The molecule has 0 unspecified atom stereocenters. The second kappa shape index (κ2) is 3.51. The van der Waals surface area contributed by atoms with Crippen molar-refractivity contribution in [2.75, 3.05) is 6.54 Å². The number of nitrogens with zero attached hydrogens (tertiary/aromatic N) is 1. The Balaban J connectivity index is 2.53. The van der Waals surface area contributed by atoms with Crippen molar-refractivity contribution in [3.63, 3.8) is 0 Å². The minimum absolute atomic E-state index is 0.136. The molecule has 4 heteroatoms. The molecule has 0 radical (unpaired) electrons. The van der Waals surface area contributed by atoms with E-state index >= 15 is 0 Å². The quantitative estimate of drug-likeness (QED) is 0.425. The lowest BCUT2D eigenvalue weighted by Crippen LogP contribution is -2.33. The fourth-order valence-corrected chi connectivity index (χ4v) is 1.91. The topological polar surface area (TPSA) is 63.6 Å². The van der Waals surface area contributed by atoms with Crippen LogP contribution in [-0.2, 0) is 4.79 Å². The molecule has 1 aromatic rings. The highest BCUT2D eigenvalue weighted by molar-refractivity contribution is 6.29. The molecule has 0 heterocycles. The maximum atomic E-state index is 12.0. The fourth-order valence-electron chi connectivity index (χ4n) is 1.91. The van der Waals surface area contributed by atoms with Crippen molar-refractivity contribution in [1.29, 1.82) is 0 Å². The van der Waals surface area contributed by atoms with Crippen molar-refractivity contribution >= 4 is 17.6 Å². The number of hydrogen-bond donors (Lipinski definition) is 0. The fraction of sp³-hybridized carbons (Fsp3) is 0.250. The number of isocyanates is 1. The first-order chi connectivity index (χ1) is 7.61. The molecule has 0 spiro atoms. The van der Waals surface area contributed by atoms with E-state index in [9.17, 15) is 14.4 Å². The summed E-state index contributed by atoms with van der Waals surface area (Å²) in [6.45, 7) is 1.38. The number of Topliss-reactive ketones (excluding diaryl/α,β-unsaturated/α-hetero) is 2. The highest BCUT2D eigenvalue weighted by atomic mass is 16.2. The molecule has 1 aliphatic rings. The van der Waals surface area contributed by atoms with Crippen LogP contribution < -0.4 is 0 Å². The number of rotatable bonds is 2. The van der Waals surface area contributed by atoms with Gasteiger partial charge in [-0.25, -0.2) is 9.79 Å². The van der Waals surface area contributed by atoms with Crippen molar-refractivity contribution < 1.29 is 14.4 Å². The van der Waals surface area contributed by atoms with E-state index < -0.39 is 5.41 Å². The number of fused-ring (bicyclic) bond motifs is 1. The summed E-state index contributed by atoms with van der Waals surface area (Å²) in [6.07, 6.45) is 1.36. The molecule has 0 aliphatic heterocycles. The Bertz CT molecular complexity index is 492. The molecule has 16 heavy (non-hydrogen) atoms. The predicted molar refractivity (Wildman–Crippen MR) is 56.2 cm³/mol. The van der Waals surface area contributed by atoms with Gasteiger partial charge in [0.2, 0.25) is 6.08 Å². The van der Waals surface area contributed by atoms with Crippen molar-refractivity contribution in [3.05, 3.63) is 35.4 Å². The molecule has 0 fully saturated rings. The van der Waals surface area contributed by atoms with Crippen LogP contribution in [0, 0.1) is 5.41 Å². The SMILES string of the molecule is CC1(CN=C=O)C(=O)c2ccccc2C1=O.